The van der Waals surface area contributed by atoms with Gasteiger partial charge in [-0.1, -0.05) is 23.8 Å². The standard InChI is InChI=1S/C15H23N3/c1-10(2)18-14(16)17-9-15(18,5)13-7-6-11(3)8-12(13)4/h6-8,10H,9H2,1-5H3,(H2,16,17). The van der Waals surface area contributed by atoms with Crippen molar-refractivity contribution in [2.45, 2.75) is 46.2 Å². The van der Waals surface area contributed by atoms with Gasteiger partial charge in [0.25, 0.3) is 0 Å². The topological polar surface area (TPSA) is 41.6 Å². The number of nitrogens with zero attached hydrogens (tertiary/aromatic N) is 2. The first-order valence-electron chi connectivity index (χ1n) is 6.53. The Balaban J connectivity index is 2.48. The van der Waals surface area contributed by atoms with E-state index in [4.69, 9.17) is 5.73 Å². The summed E-state index contributed by atoms with van der Waals surface area (Å²) in [5.74, 6) is 0.660. The molecular weight excluding hydrogens is 222 g/mol. The van der Waals surface area contributed by atoms with E-state index in [2.05, 4.69) is 62.7 Å². The van der Waals surface area contributed by atoms with Crippen LogP contribution in [0, 0.1) is 13.8 Å². The molecule has 0 saturated carbocycles. The van der Waals surface area contributed by atoms with Gasteiger partial charge in [0.2, 0.25) is 0 Å². The van der Waals surface area contributed by atoms with Crippen LogP contribution in [0.5, 0.6) is 0 Å². The van der Waals surface area contributed by atoms with E-state index in [0.29, 0.717) is 12.0 Å². The van der Waals surface area contributed by atoms with E-state index < -0.39 is 0 Å². The molecule has 2 rings (SSSR count). The van der Waals surface area contributed by atoms with Gasteiger partial charge < -0.3 is 10.6 Å². The van der Waals surface area contributed by atoms with Crippen LogP contribution in [0.1, 0.15) is 37.5 Å². The Morgan fingerprint density at radius 1 is 1.33 bits per heavy atom. The zero-order chi connectivity index (χ0) is 13.5. The quantitative estimate of drug-likeness (QED) is 0.870. The molecule has 3 heteroatoms. The Hall–Kier alpha value is -1.51. The Bertz CT molecular complexity index is 491. The highest BCUT2D eigenvalue weighted by molar-refractivity contribution is 5.81. The number of hydrogen-bond acceptors (Lipinski definition) is 3. The summed E-state index contributed by atoms with van der Waals surface area (Å²) in [6.07, 6.45) is 0. The van der Waals surface area contributed by atoms with E-state index in [-0.39, 0.29) is 5.54 Å². The van der Waals surface area contributed by atoms with Gasteiger partial charge >= 0.3 is 0 Å². The van der Waals surface area contributed by atoms with Crippen molar-refractivity contribution in [1.82, 2.24) is 4.90 Å². The van der Waals surface area contributed by atoms with Crippen molar-refractivity contribution in [1.29, 1.82) is 0 Å². The molecular formula is C15H23N3. The lowest BCUT2D eigenvalue weighted by molar-refractivity contribution is 0.184. The number of aryl methyl sites for hydroxylation is 2. The SMILES string of the molecule is Cc1ccc(C2(C)CN=C(N)N2C(C)C)c(C)c1. The highest BCUT2D eigenvalue weighted by atomic mass is 15.4. The maximum absolute atomic E-state index is 6.05. The van der Waals surface area contributed by atoms with Crippen LogP contribution in [0.15, 0.2) is 23.2 Å². The zero-order valence-electron chi connectivity index (χ0n) is 12.0. The molecule has 0 amide bonds. The Labute approximate surface area is 110 Å². The predicted octanol–water partition coefficient (Wildman–Crippen LogP) is 2.56. The third kappa shape index (κ3) is 1.88. The number of nitrogens with two attached hydrogens (primary N) is 1. The molecule has 0 fully saturated rings. The Morgan fingerprint density at radius 2 is 2.00 bits per heavy atom. The fraction of sp³-hybridized carbons (Fsp3) is 0.533. The Kier molecular flexibility index (Phi) is 3.09. The highest BCUT2D eigenvalue weighted by Crippen LogP contribution is 2.36. The second-order valence-corrected chi connectivity index (χ2v) is 5.73. The molecule has 0 bridgehead atoms. The van der Waals surface area contributed by atoms with Gasteiger partial charge in [0.1, 0.15) is 0 Å². The lowest BCUT2D eigenvalue weighted by atomic mass is 9.86. The van der Waals surface area contributed by atoms with Gasteiger partial charge in [-0.15, -0.1) is 0 Å². The van der Waals surface area contributed by atoms with Gasteiger partial charge in [0.15, 0.2) is 5.96 Å². The largest absolute Gasteiger partial charge is 0.370 e. The van der Waals surface area contributed by atoms with E-state index in [9.17, 15) is 0 Å². The van der Waals surface area contributed by atoms with Crippen LogP contribution in [-0.2, 0) is 5.54 Å². The van der Waals surface area contributed by atoms with Crippen molar-refractivity contribution in [2.75, 3.05) is 6.54 Å². The number of rotatable bonds is 2. The lowest BCUT2D eigenvalue weighted by Gasteiger charge is -2.40. The van der Waals surface area contributed by atoms with E-state index in [0.717, 1.165) is 6.54 Å². The normalized spacial score (nSPS) is 23.7. The molecule has 0 spiro atoms. The smallest absolute Gasteiger partial charge is 0.192 e. The third-order valence-corrected chi connectivity index (χ3v) is 3.81. The van der Waals surface area contributed by atoms with Crippen LogP contribution in [-0.4, -0.2) is 23.4 Å². The summed E-state index contributed by atoms with van der Waals surface area (Å²) in [7, 11) is 0. The van der Waals surface area contributed by atoms with Crippen LogP contribution < -0.4 is 5.73 Å². The number of guanidine groups is 1. The molecule has 0 radical (unpaired) electrons. The predicted molar refractivity (Wildman–Crippen MR) is 76.7 cm³/mol. The molecule has 98 valence electrons. The van der Waals surface area contributed by atoms with E-state index in [1.54, 1.807) is 0 Å². The average molecular weight is 245 g/mol. The maximum atomic E-state index is 6.05. The summed E-state index contributed by atoms with van der Waals surface area (Å²) in [5.41, 5.74) is 9.87. The second-order valence-electron chi connectivity index (χ2n) is 5.73. The molecule has 2 N–H and O–H groups in total. The van der Waals surface area contributed by atoms with E-state index >= 15 is 0 Å². The molecule has 0 saturated heterocycles. The van der Waals surface area contributed by atoms with Crippen molar-refractivity contribution >= 4 is 5.96 Å². The van der Waals surface area contributed by atoms with Gasteiger partial charge in [-0.05, 0) is 45.7 Å². The van der Waals surface area contributed by atoms with Gasteiger partial charge in [0, 0.05) is 6.04 Å². The monoisotopic (exact) mass is 245 g/mol. The first-order chi connectivity index (χ1) is 8.36. The number of hydrogen-bond donors (Lipinski definition) is 1. The first-order valence-corrected chi connectivity index (χ1v) is 6.53. The van der Waals surface area contributed by atoms with Crippen LogP contribution in [0.2, 0.25) is 0 Å². The summed E-state index contributed by atoms with van der Waals surface area (Å²) in [4.78, 5) is 6.68. The van der Waals surface area contributed by atoms with Crippen molar-refractivity contribution in [3.05, 3.63) is 34.9 Å². The summed E-state index contributed by atoms with van der Waals surface area (Å²) >= 11 is 0. The second kappa shape index (κ2) is 4.30. The van der Waals surface area contributed by atoms with Crippen LogP contribution in [0.25, 0.3) is 0 Å². The zero-order valence-corrected chi connectivity index (χ0v) is 12.0. The summed E-state index contributed by atoms with van der Waals surface area (Å²) < 4.78 is 0. The molecule has 1 aromatic carbocycles. The van der Waals surface area contributed by atoms with Crippen molar-refractivity contribution < 1.29 is 0 Å². The van der Waals surface area contributed by atoms with Gasteiger partial charge in [-0.2, -0.15) is 0 Å². The molecule has 1 heterocycles. The Morgan fingerprint density at radius 3 is 2.56 bits per heavy atom. The van der Waals surface area contributed by atoms with Crippen LogP contribution in [0.4, 0.5) is 0 Å². The molecule has 0 aliphatic carbocycles. The molecule has 3 nitrogen and oxygen atoms in total. The molecule has 0 aromatic heterocycles. The first kappa shape index (κ1) is 12.9. The minimum atomic E-state index is -0.115. The fourth-order valence-electron chi connectivity index (χ4n) is 3.11. The van der Waals surface area contributed by atoms with Crippen molar-refractivity contribution in [3.8, 4) is 0 Å². The van der Waals surface area contributed by atoms with Crippen molar-refractivity contribution in [3.63, 3.8) is 0 Å². The average Bonchev–Trinajstić information content (AvgIpc) is 2.55. The van der Waals surface area contributed by atoms with Gasteiger partial charge in [-0.25, -0.2) is 0 Å². The van der Waals surface area contributed by atoms with Gasteiger partial charge in [-0.3, -0.25) is 4.99 Å². The maximum Gasteiger partial charge on any atom is 0.192 e. The molecule has 18 heavy (non-hydrogen) atoms. The van der Waals surface area contributed by atoms with Crippen molar-refractivity contribution in [2.24, 2.45) is 10.7 Å². The molecule has 1 aliphatic rings. The van der Waals surface area contributed by atoms with Gasteiger partial charge in [0.05, 0.1) is 12.1 Å². The van der Waals surface area contributed by atoms with E-state index in [1.807, 2.05) is 0 Å². The minimum Gasteiger partial charge on any atom is -0.370 e. The molecule has 1 unspecified atom stereocenters. The lowest BCUT2D eigenvalue weighted by Crippen LogP contribution is -2.51. The summed E-state index contributed by atoms with van der Waals surface area (Å²) in [5, 5.41) is 0. The number of aliphatic imine (C=N–C) groups is 1. The van der Waals surface area contributed by atoms with E-state index in [1.165, 1.54) is 16.7 Å². The number of benzene rings is 1. The van der Waals surface area contributed by atoms with Crippen LogP contribution in [0.3, 0.4) is 0 Å². The third-order valence-electron chi connectivity index (χ3n) is 3.81. The molecule has 1 aliphatic heterocycles. The highest BCUT2D eigenvalue weighted by Gasteiger charge is 2.41. The molecule has 1 atom stereocenters. The summed E-state index contributed by atoms with van der Waals surface area (Å²) in [6.45, 7) is 11.6. The minimum absolute atomic E-state index is 0.115. The molecule has 1 aromatic rings. The summed E-state index contributed by atoms with van der Waals surface area (Å²) in [6, 6.07) is 6.96. The van der Waals surface area contributed by atoms with Crippen LogP contribution >= 0.6 is 0 Å². The fourth-order valence-corrected chi connectivity index (χ4v) is 3.11.